The van der Waals surface area contributed by atoms with Crippen LogP contribution in [0.4, 0.5) is 0 Å². The van der Waals surface area contributed by atoms with Crippen LogP contribution in [0.5, 0.6) is 0 Å². The largest absolute Gasteiger partial charge is 0.466 e. The molecule has 1 saturated heterocycles. The number of carbonyl (C=O) groups excluding carboxylic acids is 1. The number of esters is 1. The second kappa shape index (κ2) is 10.7. The molecule has 2 aliphatic carbocycles. The normalized spacial score (nSPS) is 28.8. The van der Waals surface area contributed by atoms with E-state index in [1.807, 2.05) is 6.92 Å². The molecular weight excluding hydrogens is 441 g/mol. The Balaban J connectivity index is 0.00000243. The lowest BCUT2D eigenvalue weighted by Gasteiger charge is -2.33. The molecule has 5 nitrogen and oxygen atoms in total. The Kier molecular flexibility index (Phi) is 8.97. The minimum atomic E-state index is -0.0274. The van der Waals surface area contributed by atoms with Gasteiger partial charge in [-0.25, -0.2) is 0 Å². The number of carbonyl (C=O) groups is 1. The van der Waals surface area contributed by atoms with E-state index in [4.69, 9.17) is 9.73 Å². The Bertz CT molecular complexity index is 478. The van der Waals surface area contributed by atoms with Gasteiger partial charge >= 0.3 is 5.97 Å². The standard InChI is InChI=1S/C20H35N3O2.HI/c1-3-21-20(22-10-7-18-14-15-5-6-17(18)13-15)23-11-8-16(9-12-23)19(24)25-4-2;/h15-18H,3-14H2,1-2H3,(H,21,22);1H. The van der Waals surface area contributed by atoms with Crippen LogP contribution >= 0.6 is 24.0 Å². The first-order chi connectivity index (χ1) is 12.2. The fraction of sp³-hybridized carbons (Fsp3) is 0.900. The number of likely N-dealkylation sites (tertiary alicyclic amines) is 1. The van der Waals surface area contributed by atoms with Gasteiger partial charge in [0.2, 0.25) is 0 Å². The number of fused-ring (bicyclic) bond motifs is 2. The summed E-state index contributed by atoms with van der Waals surface area (Å²) < 4.78 is 5.17. The van der Waals surface area contributed by atoms with Crippen molar-refractivity contribution in [2.24, 2.45) is 28.7 Å². The summed E-state index contributed by atoms with van der Waals surface area (Å²) in [5.74, 6) is 4.00. The molecule has 0 amide bonds. The van der Waals surface area contributed by atoms with Crippen LogP contribution in [0.2, 0.25) is 0 Å². The van der Waals surface area contributed by atoms with Crippen LogP contribution in [0.3, 0.4) is 0 Å². The maximum atomic E-state index is 11.9. The Hall–Kier alpha value is -0.530. The van der Waals surface area contributed by atoms with Crippen molar-refractivity contribution in [3.8, 4) is 0 Å². The Morgan fingerprint density at radius 2 is 1.92 bits per heavy atom. The molecule has 3 fully saturated rings. The van der Waals surface area contributed by atoms with E-state index in [2.05, 4.69) is 17.1 Å². The number of nitrogens with zero attached hydrogens (tertiary/aromatic N) is 2. The van der Waals surface area contributed by atoms with E-state index in [1.165, 1.54) is 32.1 Å². The van der Waals surface area contributed by atoms with Gasteiger partial charge in [0, 0.05) is 26.2 Å². The topological polar surface area (TPSA) is 53.9 Å². The highest BCUT2D eigenvalue weighted by Crippen LogP contribution is 2.49. The van der Waals surface area contributed by atoms with Crippen molar-refractivity contribution in [3.05, 3.63) is 0 Å². The molecular formula is C20H36IN3O2. The van der Waals surface area contributed by atoms with Gasteiger partial charge in [0.1, 0.15) is 0 Å². The average Bonchev–Trinajstić information content (AvgIpc) is 3.24. The molecule has 2 bridgehead atoms. The number of hydrogen-bond donors (Lipinski definition) is 1. The van der Waals surface area contributed by atoms with Gasteiger partial charge in [0.15, 0.2) is 5.96 Å². The van der Waals surface area contributed by atoms with Gasteiger partial charge in [-0.15, -0.1) is 24.0 Å². The molecule has 26 heavy (non-hydrogen) atoms. The van der Waals surface area contributed by atoms with Crippen LogP contribution in [0.25, 0.3) is 0 Å². The highest BCUT2D eigenvalue weighted by Gasteiger charge is 2.38. The predicted octanol–water partition coefficient (Wildman–Crippen LogP) is 3.67. The van der Waals surface area contributed by atoms with Gasteiger partial charge < -0.3 is 15.0 Å². The van der Waals surface area contributed by atoms with Crippen molar-refractivity contribution in [2.45, 2.75) is 58.8 Å². The highest BCUT2D eigenvalue weighted by atomic mass is 127. The highest BCUT2D eigenvalue weighted by molar-refractivity contribution is 14.0. The Morgan fingerprint density at radius 1 is 1.15 bits per heavy atom. The number of halogens is 1. The van der Waals surface area contributed by atoms with Crippen LogP contribution in [-0.4, -0.2) is 49.6 Å². The van der Waals surface area contributed by atoms with E-state index >= 15 is 0 Å². The third-order valence-electron chi connectivity index (χ3n) is 6.40. The fourth-order valence-corrected chi connectivity index (χ4v) is 5.08. The monoisotopic (exact) mass is 477 g/mol. The summed E-state index contributed by atoms with van der Waals surface area (Å²) in [6, 6.07) is 0. The lowest BCUT2D eigenvalue weighted by molar-refractivity contribution is -0.149. The summed E-state index contributed by atoms with van der Waals surface area (Å²) in [4.78, 5) is 19.1. The minimum absolute atomic E-state index is 0. The number of aliphatic imine (C=N–C) groups is 1. The van der Waals surface area contributed by atoms with E-state index in [0.29, 0.717) is 6.61 Å². The summed E-state index contributed by atoms with van der Waals surface area (Å²) in [6.45, 7) is 8.09. The minimum Gasteiger partial charge on any atom is -0.466 e. The first kappa shape index (κ1) is 21.8. The van der Waals surface area contributed by atoms with E-state index in [9.17, 15) is 4.79 Å². The molecule has 3 atom stereocenters. The van der Waals surface area contributed by atoms with Gasteiger partial charge in [0.25, 0.3) is 0 Å². The van der Waals surface area contributed by atoms with Gasteiger partial charge in [-0.05, 0) is 70.1 Å². The van der Waals surface area contributed by atoms with E-state index in [-0.39, 0.29) is 35.9 Å². The van der Waals surface area contributed by atoms with Crippen molar-refractivity contribution in [2.75, 3.05) is 32.8 Å². The zero-order valence-electron chi connectivity index (χ0n) is 16.4. The second-order valence-corrected chi connectivity index (χ2v) is 7.97. The zero-order valence-corrected chi connectivity index (χ0v) is 18.7. The molecule has 1 aliphatic heterocycles. The van der Waals surface area contributed by atoms with Crippen LogP contribution < -0.4 is 5.32 Å². The quantitative estimate of drug-likeness (QED) is 0.275. The molecule has 0 aromatic carbocycles. The molecule has 0 aromatic heterocycles. The van der Waals surface area contributed by atoms with Crippen molar-refractivity contribution in [1.29, 1.82) is 0 Å². The molecule has 3 rings (SSSR count). The summed E-state index contributed by atoms with van der Waals surface area (Å²) in [5, 5.41) is 3.44. The molecule has 2 saturated carbocycles. The predicted molar refractivity (Wildman–Crippen MR) is 116 cm³/mol. The summed E-state index contributed by atoms with van der Waals surface area (Å²) in [6.07, 6.45) is 8.85. The second-order valence-electron chi connectivity index (χ2n) is 7.97. The van der Waals surface area contributed by atoms with E-state index in [0.717, 1.165) is 62.7 Å². The summed E-state index contributed by atoms with van der Waals surface area (Å²) >= 11 is 0. The third kappa shape index (κ3) is 5.49. The molecule has 0 radical (unpaired) electrons. The Morgan fingerprint density at radius 3 is 2.50 bits per heavy atom. The van der Waals surface area contributed by atoms with E-state index in [1.54, 1.807) is 0 Å². The molecule has 1 heterocycles. The molecule has 3 aliphatic rings. The zero-order chi connectivity index (χ0) is 17.6. The SMILES string of the molecule is CCNC(=NCCC1CC2CCC1C2)N1CCC(C(=O)OCC)CC1.I. The van der Waals surface area contributed by atoms with Crippen LogP contribution in [-0.2, 0) is 9.53 Å². The van der Waals surface area contributed by atoms with Crippen molar-refractivity contribution in [3.63, 3.8) is 0 Å². The third-order valence-corrected chi connectivity index (χ3v) is 6.40. The number of piperidine rings is 1. The molecule has 6 heteroatoms. The van der Waals surface area contributed by atoms with E-state index < -0.39 is 0 Å². The summed E-state index contributed by atoms with van der Waals surface area (Å²) in [5.41, 5.74) is 0. The number of hydrogen-bond acceptors (Lipinski definition) is 3. The van der Waals surface area contributed by atoms with Crippen LogP contribution in [0, 0.1) is 23.7 Å². The number of ether oxygens (including phenoxy) is 1. The molecule has 1 N–H and O–H groups in total. The summed E-state index contributed by atoms with van der Waals surface area (Å²) in [7, 11) is 0. The van der Waals surface area contributed by atoms with Gasteiger partial charge in [-0.1, -0.05) is 6.42 Å². The van der Waals surface area contributed by atoms with Crippen LogP contribution in [0.15, 0.2) is 4.99 Å². The molecule has 0 aromatic rings. The number of nitrogens with one attached hydrogen (secondary N) is 1. The molecule has 150 valence electrons. The first-order valence-electron chi connectivity index (χ1n) is 10.4. The smallest absolute Gasteiger partial charge is 0.309 e. The first-order valence-corrected chi connectivity index (χ1v) is 10.4. The van der Waals surface area contributed by atoms with Gasteiger partial charge in [0.05, 0.1) is 12.5 Å². The van der Waals surface area contributed by atoms with Crippen molar-refractivity contribution < 1.29 is 9.53 Å². The molecule has 3 unspecified atom stereocenters. The van der Waals surface area contributed by atoms with Crippen molar-refractivity contribution >= 4 is 35.9 Å². The lowest BCUT2D eigenvalue weighted by Crippen LogP contribution is -2.46. The fourth-order valence-electron chi connectivity index (χ4n) is 5.08. The van der Waals surface area contributed by atoms with Crippen molar-refractivity contribution in [1.82, 2.24) is 10.2 Å². The molecule has 0 spiro atoms. The van der Waals surface area contributed by atoms with Gasteiger partial charge in [-0.3, -0.25) is 9.79 Å². The number of guanidine groups is 1. The number of rotatable bonds is 6. The maximum Gasteiger partial charge on any atom is 0.309 e. The lowest BCUT2D eigenvalue weighted by atomic mass is 9.86. The van der Waals surface area contributed by atoms with Gasteiger partial charge in [-0.2, -0.15) is 0 Å². The van der Waals surface area contributed by atoms with Crippen LogP contribution in [0.1, 0.15) is 58.8 Å². The maximum absolute atomic E-state index is 11.9. The average molecular weight is 477 g/mol. The Labute approximate surface area is 175 Å².